The van der Waals surface area contributed by atoms with Crippen LogP contribution in [0.25, 0.3) is 0 Å². The maximum Gasteiger partial charge on any atom is 0.414 e. The van der Waals surface area contributed by atoms with E-state index in [1.54, 1.807) is 48.2 Å². The van der Waals surface area contributed by atoms with E-state index >= 15 is 0 Å². The molecule has 1 atom stereocenters. The molecular formula is C44H40N4O11. The molecule has 2 amide bonds. The van der Waals surface area contributed by atoms with Crippen molar-refractivity contribution in [2.45, 2.75) is 52.9 Å². The summed E-state index contributed by atoms with van der Waals surface area (Å²) >= 11 is 0. The lowest BCUT2D eigenvalue weighted by atomic mass is 9.76. The van der Waals surface area contributed by atoms with Crippen molar-refractivity contribution in [3.63, 3.8) is 0 Å². The van der Waals surface area contributed by atoms with Crippen LogP contribution in [0.3, 0.4) is 0 Å². The number of hydrogen-bond donors (Lipinski definition) is 0. The van der Waals surface area contributed by atoms with E-state index in [0.717, 1.165) is 11.1 Å². The van der Waals surface area contributed by atoms with Crippen molar-refractivity contribution < 1.29 is 43.2 Å². The normalized spacial score (nSPS) is 14.7. The maximum atomic E-state index is 13.7. The Kier molecular flexibility index (Phi) is 11.1. The molecular weight excluding hydrogens is 761 g/mol. The lowest BCUT2D eigenvalue weighted by Crippen LogP contribution is -2.35. The van der Waals surface area contributed by atoms with Gasteiger partial charge in [-0.15, -0.1) is 0 Å². The van der Waals surface area contributed by atoms with E-state index in [4.69, 9.17) is 18.9 Å². The van der Waals surface area contributed by atoms with Gasteiger partial charge in [-0.3, -0.25) is 29.9 Å². The minimum absolute atomic E-state index is 0.00238. The van der Waals surface area contributed by atoms with Gasteiger partial charge in [0.25, 0.3) is 11.4 Å². The second-order valence-electron chi connectivity index (χ2n) is 14.2. The smallest absolute Gasteiger partial charge is 0.414 e. The maximum absolute atomic E-state index is 13.7. The van der Waals surface area contributed by atoms with E-state index in [2.05, 4.69) is 0 Å². The molecule has 0 bridgehead atoms. The van der Waals surface area contributed by atoms with Crippen molar-refractivity contribution in [3.05, 3.63) is 167 Å². The van der Waals surface area contributed by atoms with Gasteiger partial charge in [-0.05, 0) is 104 Å². The number of non-ortho nitro benzene ring substituents is 2. The lowest BCUT2D eigenvalue weighted by molar-refractivity contribution is -0.385. The van der Waals surface area contributed by atoms with Gasteiger partial charge in [0, 0.05) is 60.1 Å². The Balaban J connectivity index is 1.18. The monoisotopic (exact) mass is 800 g/mol. The van der Waals surface area contributed by atoms with E-state index in [-0.39, 0.29) is 50.2 Å². The van der Waals surface area contributed by atoms with Crippen molar-refractivity contribution >= 4 is 35.0 Å². The first-order chi connectivity index (χ1) is 28.3. The molecule has 59 heavy (non-hydrogen) atoms. The van der Waals surface area contributed by atoms with Crippen molar-refractivity contribution in [3.8, 4) is 11.5 Å². The van der Waals surface area contributed by atoms with Gasteiger partial charge in [0.2, 0.25) is 5.91 Å². The molecule has 0 aliphatic carbocycles. The first kappa shape index (κ1) is 40.1. The molecule has 1 unspecified atom stereocenters. The Hall–Kier alpha value is -7.13. The number of likely N-dealkylation sites (N-methyl/N-ethyl adjacent to an activating group) is 1. The average molecular weight is 801 g/mol. The van der Waals surface area contributed by atoms with Crippen LogP contribution >= 0.6 is 0 Å². The number of nitro benzene ring substituents is 2. The first-order valence-electron chi connectivity index (χ1n) is 18.9. The number of amides is 2. The fourth-order valence-electron chi connectivity index (χ4n) is 7.43. The van der Waals surface area contributed by atoms with Gasteiger partial charge in [0.15, 0.2) is 5.60 Å². The zero-order chi connectivity index (χ0) is 42.0. The number of benzene rings is 5. The molecule has 2 heterocycles. The van der Waals surface area contributed by atoms with Crippen LogP contribution in [0.1, 0.15) is 68.7 Å². The molecule has 7 rings (SSSR count). The molecule has 5 aromatic rings. The van der Waals surface area contributed by atoms with Gasteiger partial charge in [0.1, 0.15) is 24.8 Å². The number of fused-ring (bicyclic) bond motifs is 6. The number of ether oxygens (including phenoxy) is 4. The van der Waals surface area contributed by atoms with Crippen LogP contribution in [0.2, 0.25) is 0 Å². The second-order valence-corrected chi connectivity index (χ2v) is 14.2. The summed E-state index contributed by atoms with van der Waals surface area (Å²) in [5, 5.41) is 22.1. The Morgan fingerprint density at radius 2 is 1.34 bits per heavy atom. The summed E-state index contributed by atoms with van der Waals surface area (Å²) in [6, 6.07) is 26.2. The third-order valence-electron chi connectivity index (χ3n) is 10.6. The minimum Gasteiger partial charge on any atom is -0.456 e. The quantitative estimate of drug-likeness (QED) is 0.0483. The molecule has 2 aliphatic rings. The van der Waals surface area contributed by atoms with Crippen molar-refractivity contribution in [1.29, 1.82) is 0 Å². The topological polar surface area (TPSA) is 181 Å². The van der Waals surface area contributed by atoms with Crippen LogP contribution < -0.4 is 9.64 Å². The number of nitrogens with zero attached hydrogens (tertiary/aromatic N) is 4. The van der Waals surface area contributed by atoms with Gasteiger partial charge in [0.05, 0.1) is 34.1 Å². The van der Waals surface area contributed by atoms with Gasteiger partial charge in [-0.25, -0.2) is 9.59 Å². The Bertz CT molecular complexity index is 2490. The minimum atomic E-state index is -1.40. The number of rotatable bonds is 13. The van der Waals surface area contributed by atoms with Crippen LogP contribution in [0.15, 0.2) is 97.1 Å². The highest BCUT2D eigenvalue weighted by Gasteiger charge is 2.54. The molecule has 2 aliphatic heterocycles. The van der Waals surface area contributed by atoms with Gasteiger partial charge >= 0.3 is 12.1 Å². The van der Waals surface area contributed by atoms with Crippen LogP contribution in [0.4, 0.5) is 21.9 Å². The SMILES string of the molecule is CCN(COCc1ccc([N+](=O)[O-])cc1)C(=O)Cc1cc2c(cc1C)C1(OC(=O)c3ccccc31)c1cc(C)c(N(CC)C(=O)OCc3ccc([N+](=O)[O-])cc3)cc1O2. The average Bonchev–Trinajstić information content (AvgIpc) is 3.52. The van der Waals surface area contributed by atoms with Gasteiger partial charge in [-0.1, -0.05) is 18.2 Å². The van der Waals surface area contributed by atoms with Crippen molar-refractivity contribution in [2.75, 3.05) is 24.7 Å². The fourth-order valence-corrected chi connectivity index (χ4v) is 7.43. The first-order valence-corrected chi connectivity index (χ1v) is 18.9. The van der Waals surface area contributed by atoms with Crippen molar-refractivity contribution in [1.82, 2.24) is 4.90 Å². The fraction of sp³-hybridized carbons (Fsp3) is 0.250. The van der Waals surface area contributed by atoms with Crippen LogP contribution in [0.5, 0.6) is 11.5 Å². The van der Waals surface area contributed by atoms with Crippen LogP contribution in [-0.2, 0) is 44.2 Å². The summed E-state index contributed by atoms with van der Waals surface area (Å²) in [6.45, 7) is 8.00. The van der Waals surface area contributed by atoms with Crippen LogP contribution in [0, 0.1) is 34.1 Å². The number of esters is 1. The lowest BCUT2D eigenvalue weighted by Gasteiger charge is -2.38. The zero-order valence-corrected chi connectivity index (χ0v) is 32.8. The molecule has 15 heteroatoms. The molecule has 0 fully saturated rings. The number of carbonyl (C=O) groups excluding carboxylic acids is 3. The Labute approximate surface area is 339 Å². The molecule has 0 radical (unpaired) electrons. The zero-order valence-electron chi connectivity index (χ0n) is 32.8. The molecule has 15 nitrogen and oxygen atoms in total. The molecule has 5 aromatic carbocycles. The van der Waals surface area contributed by atoms with Crippen LogP contribution in [-0.4, -0.2) is 52.5 Å². The highest BCUT2D eigenvalue weighted by atomic mass is 16.6. The molecule has 0 N–H and O–H groups in total. The third kappa shape index (κ3) is 7.67. The second kappa shape index (κ2) is 16.4. The van der Waals surface area contributed by atoms with E-state index in [1.807, 2.05) is 45.0 Å². The predicted octanol–water partition coefficient (Wildman–Crippen LogP) is 8.42. The van der Waals surface area contributed by atoms with E-state index < -0.39 is 27.5 Å². The molecule has 0 aromatic heterocycles. The van der Waals surface area contributed by atoms with Crippen molar-refractivity contribution in [2.24, 2.45) is 0 Å². The summed E-state index contributed by atoms with van der Waals surface area (Å²) in [4.78, 5) is 64.9. The summed E-state index contributed by atoms with van der Waals surface area (Å²) in [5.41, 5.74) is 4.60. The van der Waals surface area contributed by atoms with Gasteiger partial charge in [-0.2, -0.15) is 0 Å². The summed E-state index contributed by atoms with van der Waals surface area (Å²) in [6.07, 6.45) is -0.636. The summed E-state index contributed by atoms with van der Waals surface area (Å²) in [5.74, 6) is -0.00596. The number of aryl methyl sites for hydroxylation is 2. The summed E-state index contributed by atoms with van der Waals surface area (Å²) < 4.78 is 24.5. The molecule has 1 spiro atoms. The number of carbonyl (C=O) groups is 3. The molecule has 0 saturated heterocycles. The number of hydrogen-bond acceptors (Lipinski definition) is 11. The highest BCUT2D eigenvalue weighted by molar-refractivity contribution is 5.97. The Morgan fingerprint density at radius 3 is 1.95 bits per heavy atom. The highest BCUT2D eigenvalue weighted by Crippen LogP contribution is 2.57. The standard InChI is InChI=1S/C44H40N4O11/c1-5-45(26-56-24-29-11-15-32(16-12-29)47(52)53)41(49)22-31-21-39-36(19-27(31)3)44(35-10-8-7-9-34(35)42(50)59-44)37-20-28(4)38(23-40(37)58-39)46(6-2)43(51)57-25-30-13-17-33(18-14-30)48(54)55/h7-21,23H,5-6,22,24-26H2,1-4H3. The third-order valence-corrected chi connectivity index (χ3v) is 10.6. The van der Waals surface area contributed by atoms with Gasteiger partial charge < -0.3 is 23.8 Å². The largest absolute Gasteiger partial charge is 0.456 e. The van der Waals surface area contributed by atoms with E-state index in [1.165, 1.54) is 41.3 Å². The predicted molar refractivity (Wildman–Crippen MR) is 214 cm³/mol. The van der Waals surface area contributed by atoms with E-state index in [0.29, 0.717) is 62.7 Å². The number of nitro groups is 2. The molecule has 302 valence electrons. The summed E-state index contributed by atoms with van der Waals surface area (Å²) in [7, 11) is 0. The number of anilines is 1. The molecule has 0 saturated carbocycles. The van der Waals surface area contributed by atoms with E-state index in [9.17, 15) is 34.6 Å². The Morgan fingerprint density at radius 1 is 0.746 bits per heavy atom.